The summed E-state index contributed by atoms with van der Waals surface area (Å²) < 4.78 is 10.5. The van der Waals surface area contributed by atoms with Gasteiger partial charge in [-0.3, -0.25) is 14.3 Å². The molecule has 2 heterocycles. The largest absolute Gasteiger partial charge is 0.497 e. The molecule has 1 amide bonds. The van der Waals surface area contributed by atoms with E-state index in [9.17, 15) is 9.59 Å². The molecule has 0 atom stereocenters. The molecular weight excluding hydrogens is 416 g/mol. The quantitative estimate of drug-likeness (QED) is 0.460. The maximum Gasteiger partial charge on any atom is 0.439 e. The Kier molecular flexibility index (Phi) is 4.28. The zero-order valence-corrected chi connectivity index (χ0v) is 15.6. The van der Waals surface area contributed by atoms with E-state index in [4.69, 9.17) is 4.74 Å². The summed E-state index contributed by atoms with van der Waals surface area (Å²) in [4.78, 5) is 29.5. The molecule has 4 rings (SSSR count). The minimum Gasteiger partial charge on any atom is -0.497 e. The molecule has 9 heteroatoms. The Morgan fingerprint density at radius 1 is 1.19 bits per heavy atom. The Morgan fingerprint density at radius 2 is 2.04 bits per heavy atom. The smallest absolute Gasteiger partial charge is 0.439 e. The highest BCUT2D eigenvalue weighted by molar-refractivity contribution is 9.10. The number of halogens is 1. The summed E-state index contributed by atoms with van der Waals surface area (Å²) in [6, 6.07) is 12.4. The molecule has 0 spiro atoms. The summed E-state index contributed by atoms with van der Waals surface area (Å²) in [5, 5.41) is 7.37. The van der Waals surface area contributed by atoms with Crippen LogP contribution in [0.15, 0.2) is 56.3 Å². The van der Waals surface area contributed by atoms with Crippen molar-refractivity contribution in [1.29, 1.82) is 0 Å². The van der Waals surface area contributed by atoms with Crippen LogP contribution in [0.25, 0.3) is 22.3 Å². The molecule has 0 aliphatic carbocycles. The zero-order valence-electron chi connectivity index (χ0n) is 14.0. The van der Waals surface area contributed by atoms with Crippen molar-refractivity contribution in [3.8, 4) is 17.1 Å². The van der Waals surface area contributed by atoms with Crippen molar-refractivity contribution in [1.82, 2.24) is 15.1 Å². The SMILES string of the molecule is COc1ccc2[nH]c(C(=O)Nc3ccc(Br)cc3-c3noc(=O)[nH]3)cc2c1. The Balaban J connectivity index is 1.68. The van der Waals surface area contributed by atoms with Gasteiger partial charge in [0.15, 0.2) is 5.82 Å². The normalized spacial score (nSPS) is 10.9. The molecular formula is C18H13BrN4O4. The fraction of sp³-hybridized carbons (Fsp3) is 0.0556. The molecule has 4 aromatic rings. The first-order valence-corrected chi connectivity index (χ1v) is 8.67. The molecule has 3 N–H and O–H groups in total. The molecule has 0 saturated carbocycles. The molecule has 0 aliphatic rings. The van der Waals surface area contributed by atoms with Crippen LogP contribution < -0.4 is 15.8 Å². The van der Waals surface area contributed by atoms with Gasteiger partial charge in [0, 0.05) is 20.9 Å². The summed E-state index contributed by atoms with van der Waals surface area (Å²) in [5.41, 5.74) is 2.20. The van der Waals surface area contributed by atoms with E-state index in [1.807, 2.05) is 18.2 Å². The third kappa shape index (κ3) is 3.36. The third-order valence-electron chi connectivity index (χ3n) is 4.00. The lowest BCUT2D eigenvalue weighted by molar-refractivity contribution is 0.102. The number of carbonyl (C=O) groups excluding carboxylic acids is 1. The first kappa shape index (κ1) is 17.1. The fourth-order valence-electron chi connectivity index (χ4n) is 2.72. The van der Waals surface area contributed by atoms with Crippen LogP contribution in [0.2, 0.25) is 0 Å². The molecule has 0 bridgehead atoms. The second-order valence-electron chi connectivity index (χ2n) is 5.72. The molecule has 0 radical (unpaired) electrons. The number of hydrogen-bond acceptors (Lipinski definition) is 5. The molecule has 0 unspecified atom stereocenters. The van der Waals surface area contributed by atoms with Crippen LogP contribution in [0, 0.1) is 0 Å². The van der Waals surface area contributed by atoms with E-state index >= 15 is 0 Å². The number of fused-ring (bicyclic) bond motifs is 1. The second kappa shape index (κ2) is 6.76. The van der Waals surface area contributed by atoms with Crippen LogP contribution in [-0.2, 0) is 0 Å². The van der Waals surface area contributed by atoms with E-state index in [0.717, 1.165) is 15.4 Å². The van der Waals surface area contributed by atoms with Gasteiger partial charge in [0.1, 0.15) is 11.4 Å². The maximum atomic E-state index is 12.7. The molecule has 136 valence electrons. The minimum absolute atomic E-state index is 0.220. The average molecular weight is 429 g/mol. The van der Waals surface area contributed by atoms with Crippen LogP contribution in [0.4, 0.5) is 5.69 Å². The van der Waals surface area contributed by atoms with Crippen molar-refractivity contribution in [2.45, 2.75) is 0 Å². The monoisotopic (exact) mass is 428 g/mol. The predicted octanol–water partition coefficient (Wildman–Crippen LogP) is 3.53. The highest BCUT2D eigenvalue weighted by atomic mass is 79.9. The van der Waals surface area contributed by atoms with Crippen molar-refractivity contribution in [2.24, 2.45) is 0 Å². The highest BCUT2D eigenvalue weighted by Gasteiger charge is 2.16. The number of amides is 1. The number of nitrogens with zero attached hydrogens (tertiary/aromatic N) is 1. The number of carbonyl (C=O) groups is 1. The molecule has 2 aromatic heterocycles. The Hall–Kier alpha value is -3.33. The van der Waals surface area contributed by atoms with Crippen LogP contribution in [0.5, 0.6) is 5.75 Å². The lowest BCUT2D eigenvalue weighted by Gasteiger charge is -2.09. The highest BCUT2D eigenvalue weighted by Crippen LogP contribution is 2.29. The molecule has 27 heavy (non-hydrogen) atoms. The van der Waals surface area contributed by atoms with Gasteiger partial charge in [0.05, 0.1) is 12.8 Å². The number of rotatable bonds is 4. The second-order valence-corrected chi connectivity index (χ2v) is 6.64. The van der Waals surface area contributed by atoms with E-state index in [2.05, 4.69) is 40.9 Å². The van der Waals surface area contributed by atoms with Gasteiger partial charge >= 0.3 is 5.76 Å². The Morgan fingerprint density at radius 3 is 2.78 bits per heavy atom. The fourth-order valence-corrected chi connectivity index (χ4v) is 3.08. The Labute approximate surface area is 160 Å². The van der Waals surface area contributed by atoms with Crippen molar-refractivity contribution >= 4 is 38.4 Å². The van der Waals surface area contributed by atoms with Gasteiger partial charge in [-0.2, -0.15) is 0 Å². The molecule has 0 aliphatic heterocycles. The lowest BCUT2D eigenvalue weighted by Crippen LogP contribution is -2.13. The summed E-state index contributed by atoms with van der Waals surface area (Å²) in [6.45, 7) is 0. The number of methoxy groups -OCH3 is 1. The number of aromatic amines is 2. The predicted molar refractivity (Wildman–Crippen MR) is 103 cm³/mol. The van der Waals surface area contributed by atoms with Gasteiger partial charge in [0.25, 0.3) is 5.91 Å². The number of anilines is 1. The maximum absolute atomic E-state index is 12.7. The number of nitrogens with one attached hydrogen (secondary N) is 3. The topological polar surface area (TPSA) is 113 Å². The van der Waals surface area contributed by atoms with Gasteiger partial charge in [-0.25, -0.2) is 4.79 Å². The van der Waals surface area contributed by atoms with Crippen LogP contribution in [-0.4, -0.2) is 28.1 Å². The molecule has 0 fully saturated rings. The summed E-state index contributed by atoms with van der Waals surface area (Å²) in [5.74, 6) is -0.0805. The molecule has 0 saturated heterocycles. The van der Waals surface area contributed by atoms with E-state index in [-0.39, 0.29) is 11.7 Å². The lowest BCUT2D eigenvalue weighted by atomic mass is 10.1. The number of H-pyrrole nitrogens is 2. The van der Waals surface area contributed by atoms with Crippen molar-refractivity contribution in [3.05, 3.63) is 63.2 Å². The first-order chi connectivity index (χ1) is 13.0. The van der Waals surface area contributed by atoms with Crippen LogP contribution in [0.3, 0.4) is 0 Å². The first-order valence-electron chi connectivity index (χ1n) is 7.87. The summed E-state index contributed by atoms with van der Waals surface area (Å²) in [6.07, 6.45) is 0. The van der Waals surface area contributed by atoms with E-state index < -0.39 is 5.76 Å². The van der Waals surface area contributed by atoms with Gasteiger partial charge in [-0.05, 0) is 42.5 Å². The molecule has 8 nitrogen and oxygen atoms in total. The Bertz CT molecular complexity index is 1210. The van der Waals surface area contributed by atoms with Crippen LogP contribution >= 0.6 is 15.9 Å². The third-order valence-corrected chi connectivity index (χ3v) is 4.49. The van der Waals surface area contributed by atoms with Crippen molar-refractivity contribution in [3.63, 3.8) is 0 Å². The van der Waals surface area contributed by atoms with E-state index in [0.29, 0.717) is 22.7 Å². The number of benzene rings is 2. The van der Waals surface area contributed by atoms with E-state index in [1.165, 1.54) is 0 Å². The number of hydrogen-bond donors (Lipinski definition) is 3. The van der Waals surface area contributed by atoms with Gasteiger partial charge in [0.2, 0.25) is 0 Å². The average Bonchev–Trinajstić information content (AvgIpc) is 3.28. The van der Waals surface area contributed by atoms with Crippen molar-refractivity contribution < 1.29 is 14.1 Å². The van der Waals surface area contributed by atoms with Gasteiger partial charge in [-0.15, -0.1) is 0 Å². The van der Waals surface area contributed by atoms with Crippen molar-refractivity contribution in [2.75, 3.05) is 12.4 Å². The van der Waals surface area contributed by atoms with Gasteiger partial charge < -0.3 is 15.0 Å². The summed E-state index contributed by atoms with van der Waals surface area (Å²) in [7, 11) is 1.59. The number of ether oxygens (including phenoxy) is 1. The standard InChI is InChI=1S/C18H13BrN4O4/c1-26-11-3-5-13-9(6-11)7-15(20-13)17(24)21-14-4-2-10(19)8-12(14)16-22-18(25)27-23-16/h2-8,20H,1H3,(H,21,24)(H,22,23,25). The van der Waals surface area contributed by atoms with Crippen LogP contribution in [0.1, 0.15) is 10.5 Å². The number of aromatic nitrogens is 3. The van der Waals surface area contributed by atoms with E-state index in [1.54, 1.807) is 31.4 Å². The van der Waals surface area contributed by atoms with Gasteiger partial charge in [-0.1, -0.05) is 21.1 Å². The zero-order chi connectivity index (χ0) is 19.0. The molecule has 2 aromatic carbocycles. The summed E-state index contributed by atoms with van der Waals surface area (Å²) >= 11 is 3.37. The minimum atomic E-state index is -0.674.